The number of piperidine rings is 1. The van der Waals surface area contributed by atoms with Crippen LogP contribution < -0.4 is 0 Å². The summed E-state index contributed by atoms with van der Waals surface area (Å²) in [5.74, 6) is 0.209. The number of sulfonamides is 1. The van der Waals surface area contributed by atoms with Gasteiger partial charge in [0.2, 0.25) is 10.0 Å². The van der Waals surface area contributed by atoms with E-state index < -0.39 is 10.0 Å². The van der Waals surface area contributed by atoms with Crippen LogP contribution in [0.3, 0.4) is 0 Å². The second kappa shape index (κ2) is 5.84. The van der Waals surface area contributed by atoms with Gasteiger partial charge in [-0.05, 0) is 51.2 Å². The van der Waals surface area contributed by atoms with E-state index in [1.807, 2.05) is 26.0 Å². The second-order valence-corrected chi connectivity index (χ2v) is 7.66. The molecule has 1 unspecified atom stereocenters. The average Bonchev–Trinajstić information content (AvgIpc) is 2.38. The Balaban J connectivity index is 2.20. The summed E-state index contributed by atoms with van der Waals surface area (Å²) in [5, 5.41) is 9.59. The Labute approximate surface area is 121 Å². The summed E-state index contributed by atoms with van der Waals surface area (Å²) >= 11 is 0. The standard InChI is InChI=1S/C15H23NO3S/c1-11-4-5-15(12(2)10-11)20(18,19)16-8-6-14(7-9-16)13(3)17/h4-5,10,13-14,17H,6-9H2,1-3H3. The van der Waals surface area contributed by atoms with Gasteiger partial charge in [-0.3, -0.25) is 0 Å². The Morgan fingerprint density at radius 3 is 2.35 bits per heavy atom. The molecule has 0 bridgehead atoms. The first-order valence-electron chi connectivity index (χ1n) is 7.08. The lowest BCUT2D eigenvalue weighted by Gasteiger charge is -2.32. The lowest BCUT2D eigenvalue weighted by molar-refractivity contribution is 0.0912. The predicted octanol–water partition coefficient (Wildman–Crippen LogP) is 2.08. The fourth-order valence-electron chi connectivity index (χ4n) is 2.83. The number of benzene rings is 1. The van der Waals surface area contributed by atoms with Crippen LogP contribution in [0.5, 0.6) is 0 Å². The zero-order chi connectivity index (χ0) is 14.9. The molecule has 112 valence electrons. The summed E-state index contributed by atoms with van der Waals surface area (Å²) in [7, 11) is -3.41. The molecular formula is C15H23NO3S. The summed E-state index contributed by atoms with van der Waals surface area (Å²) in [6, 6.07) is 5.43. The van der Waals surface area contributed by atoms with E-state index in [-0.39, 0.29) is 12.0 Å². The van der Waals surface area contributed by atoms with Crippen molar-refractivity contribution >= 4 is 10.0 Å². The smallest absolute Gasteiger partial charge is 0.243 e. The van der Waals surface area contributed by atoms with Crippen LogP contribution in [0, 0.1) is 19.8 Å². The van der Waals surface area contributed by atoms with Crippen molar-refractivity contribution in [1.29, 1.82) is 0 Å². The minimum atomic E-state index is -3.41. The Bertz CT molecular complexity index is 573. The zero-order valence-electron chi connectivity index (χ0n) is 12.3. The molecule has 0 amide bonds. The molecule has 1 heterocycles. The monoisotopic (exact) mass is 297 g/mol. The van der Waals surface area contributed by atoms with Crippen molar-refractivity contribution in [3.63, 3.8) is 0 Å². The minimum absolute atomic E-state index is 0.209. The molecule has 0 aromatic heterocycles. The first-order chi connectivity index (χ1) is 9.32. The number of rotatable bonds is 3. The molecule has 1 aromatic carbocycles. The van der Waals surface area contributed by atoms with E-state index in [0.29, 0.717) is 18.0 Å². The van der Waals surface area contributed by atoms with E-state index in [0.717, 1.165) is 24.0 Å². The maximum absolute atomic E-state index is 12.7. The zero-order valence-corrected chi connectivity index (χ0v) is 13.2. The lowest BCUT2D eigenvalue weighted by Crippen LogP contribution is -2.40. The highest BCUT2D eigenvalue weighted by molar-refractivity contribution is 7.89. The third-order valence-electron chi connectivity index (χ3n) is 4.13. The van der Waals surface area contributed by atoms with Gasteiger partial charge in [0.15, 0.2) is 0 Å². The average molecular weight is 297 g/mol. The summed E-state index contributed by atoms with van der Waals surface area (Å²) in [6.45, 7) is 6.55. The molecule has 1 fully saturated rings. The van der Waals surface area contributed by atoms with E-state index in [4.69, 9.17) is 0 Å². The van der Waals surface area contributed by atoms with Gasteiger partial charge in [0.05, 0.1) is 11.0 Å². The van der Waals surface area contributed by atoms with Crippen molar-refractivity contribution in [3.05, 3.63) is 29.3 Å². The third kappa shape index (κ3) is 3.05. The molecule has 1 atom stereocenters. The van der Waals surface area contributed by atoms with Gasteiger partial charge in [0, 0.05) is 13.1 Å². The van der Waals surface area contributed by atoms with Gasteiger partial charge in [-0.1, -0.05) is 17.7 Å². The molecule has 1 aliphatic heterocycles. The topological polar surface area (TPSA) is 57.6 Å². The second-order valence-electron chi connectivity index (χ2n) is 5.75. The van der Waals surface area contributed by atoms with Gasteiger partial charge < -0.3 is 5.11 Å². The molecule has 1 N–H and O–H groups in total. The first kappa shape index (κ1) is 15.5. The van der Waals surface area contributed by atoms with Crippen LogP contribution >= 0.6 is 0 Å². The Hall–Kier alpha value is -0.910. The van der Waals surface area contributed by atoms with Crippen molar-refractivity contribution < 1.29 is 13.5 Å². The molecule has 5 heteroatoms. The number of aryl methyl sites for hydroxylation is 2. The first-order valence-corrected chi connectivity index (χ1v) is 8.52. The quantitative estimate of drug-likeness (QED) is 0.929. The fourth-order valence-corrected chi connectivity index (χ4v) is 4.50. The van der Waals surface area contributed by atoms with Crippen LogP contribution in [-0.2, 0) is 10.0 Å². The van der Waals surface area contributed by atoms with E-state index in [2.05, 4.69) is 0 Å². The Morgan fingerprint density at radius 2 is 1.85 bits per heavy atom. The van der Waals surface area contributed by atoms with E-state index in [1.165, 1.54) is 0 Å². The normalized spacial score (nSPS) is 20.0. The molecule has 0 saturated carbocycles. The van der Waals surface area contributed by atoms with Crippen LogP contribution in [0.15, 0.2) is 23.1 Å². The molecule has 0 aliphatic carbocycles. The number of aliphatic hydroxyl groups is 1. The number of hydrogen-bond acceptors (Lipinski definition) is 3. The number of nitrogens with zero attached hydrogens (tertiary/aromatic N) is 1. The molecule has 1 aromatic rings. The van der Waals surface area contributed by atoms with Gasteiger partial charge in [0.1, 0.15) is 0 Å². The van der Waals surface area contributed by atoms with Gasteiger partial charge in [-0.2, -0.15) is 4.31 Å². The predicted molar refractivity (Wildman–Crippen MR) is 79.1 cm³/mol. The molecule has 2 rings (SSSR count). The van der Waals surface area contributed by atoms with Crippen LogP contribution in [-0.4, -0.2) is 37.0 Å². The van der Waals surface area contributed by atoms with E-state index in [9.17, 15) is 13.5 Å². The highest BCUT2D eigenvalue weighted by Gasteiger charge is 2.31. The maximum Gasteiger partial charge on any atom is 0.243 e. The summed E-state index contributed by atoms with van der Waals surface area (Å²) in [4.78, 5) is 0.401. The molecule has 1 saturated heterocycles. The molecule has 20 heavy (non-hydrogen) atoms. The van der Waals surface area contributed by atoms with Crippen molar-refractivity contribution in [3.8, 4) is 0 Å². The molecule has 0 radical (unpaired) electrons. The molecule has 0 spiro atoms. The van der Waals surface area contributed by atoms with Crippen molar-refractivity contribution in [2.45, 2.75) is 44.6 Å². The third-order valence-corrected chi connectivity index (χ3v) is 6.19. The minimum Gasteiger partial charge on any atom is -0.393 e. The summed E-state index contributed by atoms with van der Waals surface area (Å²) < 4.78 is 26.9. The van der Waals surface area contributed by atoms with Crippen molar-refractivity contribution in [2.24, 2.45) is 5.92 Å². The largest absolute Gasteiger partial charge is 0.393 e. The molecule has 4 nitrogen and oxygen atoms in total. The van der Waals surface area contributed by atoms with Gasteiger partial charge in [-0.15, -0.1) is 0 Å². The van der Waals surface area contributed by atoms with E-state index in [1.54, 1.807) is 17.3 Å². The van der Waals surface area contributed by atoms with Crippen molar-refractivity contribution in [1.82, 2.24) is 4.31 Å². The van der Waals surface area contributed by atoms with Crippen LogP contribution in [0.1, 0.15) is 30.9 Å². The van der Waals surface area contributed by atoms with E-state index >= 15 is 0 Å². The molecular weight excluding hydrogens is 274 g/mol. The van der Waals surface area contributed by atoms with Crippen molar-refractivity contribution in [2.75, 3.05) is 13.1 Å². The highest BCUT2D eigenvalue weighted by Crippen LogP contribution is 2.27. The van der Waals surface area contributed by atoms with Gasteiger partial charge in [0.25, 0.3) is 0 Å². The Morgan fingerprint density at radius 1 is 1.25 bits per heavy atom. The number of hydrogen-bond donors (Lipinski definition) is 1. The maximum atomic E-state index is 12.7. The highest BCUT2D eigenvalue weighted by atomic mass is 32.2. The van der Waals surface area contributed by atoms with Crippen LogP contribution in [0.4, 0.5) is 0 Å². The number of aliphatic hydroxyl groups excluding tert-OH is 1. The SMILES string of the molecule is Cc1ccc(S(=O)(=O)N2CCC(C(C)O)CC2)c(C)c1. The summed E-state index contributed by atoms with van der Waals surface area (Å²) in [5.41, 5.74) is 1.86. The lowest BCUT2D eigenvalue weighted by atomic mass is 9.93. The van der Waals surface area contributed by atoms with Crippen LogP contribution in [0.25, 0.3) is 0 Å². The van der Waals surface area contributed by atoms with Gasteiger partial charge in [-0.25, -0.2) is 8.42 Å². The Kier molecular flexibility index (Phi) is 4.52. The fraction of sp³-hybridized carbons (Fsp3) is 0.600. The summed E-state index contributed by atoms with van der Waals surface area (Å²) in [6.07, 6.45) is 1.09. The van der Waals surface area contributed by atoms with Gasteiger partial charge >= 0.3 is 0 Å². The van der Waals surface area contributed by atoms with Crippen LogP contribution in [0.2, 0.25) is 0 Å². The molecule has 1 aliphatic rings.